The summed E-state index contributed by atoms with van der Waals surface area (Å²) in [7, 11) is 6.98. The van der Waals surface area contributed by atoms with E-state index in [1.165, 1.54) is 0 Å². The van der Waals surface area contributed by atoms with Gasteiger partial charge in [-0.3, -0.25) is 0 Å². The van der Waals surface area contributed by atoms with Crippen LogP contribution < -0.4 is 14.8 Å². The topological polar surface area (TPSA) is 39.7 Å². The molecule has 4 heteroatoms. The minimum absolute atomic E-state index is 0.0234. The molecule has 4 nitrogen and oxygen atoms in total. The standard InChI is InChI=1S/C16H27NO3/c1-16(2,3)15(20-7)14(17-4)11-8-9-12(18-5)13(10-11)19-6/h8-10,14-15,17H,1-7H3. The molecular formula is C16H27NO3. The number of ether oxygens (including phenoxy) is 3. The summed E-state index contributed by atoms with van der Waals surface area (Å²) in [5.41, 5.74) is 1.14. The Bertz CT molecular complexity index is 426. The highest BCUT2D eigenvalue weighted by atomic mass is 16.5. The number of likely N-dealkylation sites (N-methyl/N-ethyl adjacent to an activating group) is 1. The highest BCUT2D eigenvalue weighted by Gasteiger charge is 2.32. The largest absolute Gasteiger partial charge is 0.493 e. The lowest BCUT2D eigenvalue weighted by atomic mass is 9.82. The second kappa shape index (κ2) is 6.95. The fraction of sp³-hybridized carbons (Fsp3) is 0.625. The van der Waals surface area contributed by atoms with Gasteiger partial charge in [0.25, 0.3) is 0 Å². The van der Waals surface area contributed by atoms with Crippen LogP contribution in [0.5, 0.6) is 11.5 Å². The Hall–Kier alpha value is -1.26. The van der Waals surface area contributed by atoms with Crippen LogP contribution in [-0.4, -0.2) is 34.5 Å². The molecule has 1 rings (SSSR count). The first kappa shape index (κ1) is 16.8. The molecule has 0 aliphatic carbocycles. The number of hydrogen-bond acceptors (Lipinski definition) is 4. The molecule has 114 valence electrons. The quantitative estimate of drug-likeness (QED) is 0.870. The van der Waals surface area contributed by atoms with Crippen molar-refractivity contribution in [2.24, 2.45) is 5.41 Å². The smallest absolute Gasteiger partial charge is 0.161 e. The van der Waals surface area contributed by atoms with E-state index in [4.69, 9.17) is 14.2 Å². The Kier molecular flexibility index (Phi) is 5.84. The zero-order valence-electron chi connectivity index (χ0n) is 13.6. The molecule has 0 saturated heterocycles. The summed E-state index contributed by atoms with van der Waals surface area (Å²) in [5.74, 6) is 1.46. The molecule has 1 N–H and O–H groups in total. The van der Waals surface area contributed by atoms with Gasteiger partial charge in [0.05, 0.1) is 26.4 Å². The molecule has 1 aromatic rings. The monoisotopic (exact) mass is 281 g/mol. The minimum Gasteiger partial charge on any atom is -0.493 e. The van der Waals surface area contributed by atoms with Crippen LogP contribution in [0.3, 0.4) is 0 Å². The van der Waals surface area contributed by atoms with Crippen LogP contribution in [-0.2, 0) is 4.74 Å². The van der Waals surface area contributed by atoms with Gasteiger partial charge in [-0.05, 0) is 30.2 Å². The van der Waals surface area contributed by atoms with E-state index >= 15 is 0 Å². The van der Waals surface area contributed by atoms with Crippen molar-refractivity contribution in [1.29, 1.82) is 0 Å². The van der Waals surface area contributed by atoms with Gasteiger partial charge in [-0.15, -0.1) is 0 Å². The molecule has 0 bridgehead atoms. The van der Waals surface area contributed by atoms with Crippen LogP contribution in [0.2, 0.25) is 0 Å². The van der Waals surface area contributed by atoms with Crippen molar-refractivity contribution in [2.75, 3.05) is 28.4 Å². The summed E-state index contributed by atoms with van der Waals surface area (Å²) in [6.45, 7) is 6.52. The van der Waals surface area contributed by atoms with Crippen LogP contribution in [0.4, 0.5) is 0 Å². The zero-order chi connectivity index (χ0) is 15.3. The van der Waals surface area contributed by atoms with E-state index in [1.54, 1.807) is 21.3 Å². The molecule has 0 aliphatic heterocycles. The summed E-state index contributed by atoms with van der Waals surface area (Å²) < 4.78 is 16.4. The van der Waals surface area contributed by atoms with Gasteiger partial charge in [-0.25, -0.2) is 0 Å². The van der Waals surface area contributed by atoms with E-state index in [1.807, 2.05) is 25.2 Å². The fourth-order valence-corrected chi connectivity index (χ4v) is 2.53. The maximum Gasteiger partial charge on any atom is 0.161 e. The molecule has 0 fully saturated rings. The third-order valence-electron chi connectivity index (χ3n) is 3.49. The van der Waals surface area contributed by atoms with Crippen molar-refractivity contribution in [3.05, 3.63) is 23.8 Å². The maximum absolute atomic E-state index is 5.72. The van der Waals surface area contributed by atoms with Crippen LogP contribution in [0.15, 0.2) is 18.2 Å². The molecule has 0 saturated carbocycles. The normalized spacial score (nSPS) is 14.8. The Balaban J connectivity index is 3.18. The van der Waals surface area contributed by atoms with Gasteiger partial charge >= 0.3 is 0 Å². The first-order chi connectivity index (χ1) is 9.38. The molecule has 0 spiro atoms. The van der Waals surface area contributed by atoms with E-state index in [0.29, 0.717) is 0 Å². The van der Waals surface area contributed by atoms with Crippen LogP contribution in [0, 0.1) is 5.41 Å². The lowest BCUT2D eigenvalue weighted by Gasteiger charge is -2.36. The maximum atomic E-state index is 5.72. The van der Waals surface area contributed by atoms with E-state index < -0.39 is 0 Å². The van der Waals surface area contributed by atoms with Gasteiger partial charge in [-0.2, -0.15) is 0 Å². The van der Waals surface area contributed by atoms with Crippen molar-refractivity contribution < 1.29 is 14.2 Å². The molecule has 0 heterocycles. The van der Waals surface area contributed by atoms with Gasteiger partial charge < -0.3 is 19.5 Å². The number of hydrogen-bond donors (Lipinski definition) is 1. The Morgan fingerprint density at radius 1 is 1.00 bits per heavy atom. The van der Waals surface area contributed by atoms with E-state index in [0.717, 1.165) is 17.1 Å². The van der Waals surface area contributed by atoms with Crippen LogP contribution in [0.1, 0.15) is 32.4 Å². The third kappa shape index (κ3) is 3.64. The number of benzene rings is 1. The summed E-state index contributed by atoms with van der Waals surface area (Å²) in [4.78, 5) is 0. The highest BCUT2D eigenvalue weighted by Crippen LogP contribution is 2.36. The lowest BCUT2D eigenvalue weighted by Crippen LogP contribution is -2.40. The average Bonchev–Trinajstić information content (AvgIpc) is 2.42. The van der Waals surface area contributed by atoms with Crippen molar-refractivity contribution >= 4 is 0 Å². The number of nitrogens with one attached hydrogen (secondary N) is 1. The molecule has 2 atom stereocenters. The summed E-state index contributed by atoms with van der Waals surface area (Å²) in [5, 5.41) is 3.34. The Labute approximate surface area is 122 Å². The third-order valence-corrected chi connectivity index (χ3v) is 3.49. The molecule has 0 aliphatic rings. The predicted octanol–water partition coefficient (Wildman–Crippen LogP) is 3.03. The average molecular weight is 281 g/mol. The second-order valence-corrected chi connectivity index (χ2v) is 5.90. The molecular weight excluding hydrogens is 254 g/mol. The van der Waals surface area contributed by atoms with Crippen LogP contribution >= 0.6 is 0 Å². The first-order valence-corrected chi connectivity index (χ1v) is 6.81. The van der Waals surface area contributed by atoms with Crippen LogP contribution in [0.25, 0.3) is 0 Å². The highest BCUT2D eigenvalue weighted by molar-refractivity contribution is 5.44. The van der Waals surface area contributed by atoms with E-state index in [2.05, 4.69) is 26.1 Å². The lowest BCUT2D eigenvalue weighted by molar-refractivity contribution is -0.0102. The predicted molar refractivity (Wildman–Crippen MR) is 81.6 cm³/mol. The van der Waals surface area contributed by atoms with Crippen molar-refractivity contribution in [3.63, 3.8) is 0 Å². The minimum atomic E-state index is 0.0234. The molecule has 20 heavy (non-hydrogen) atoms. The van der Waals surface area contributed by atoms with Gasteiger partial charge in [0.15, 0.2) is 11.5 Å². The summed E-state index contributed by atoms with van der Waals surface area (Å²) in [6, 6.07) is 6.05. The summed E-state index contributed by atoms with van der Waals surface area (Å²) in [6.07, 6.45) is 0.0469. The van der Waals surface area contributed by atoms with Gasteiger partial charge in [0.1, 0.15) is 0 Å². The number of rotatable bonds is 6. The molecule has 2 unspecified atom stereocenters. The van der Waals surface area contributed by atoms with Crippen molar-refractivity contribution in [3.8, 4) is 11.5 Å². The Morgan fingerprint density at radius 2 is 1.60 bits per heavy atom. The molecule has 0 amide bonds. The second-order valence-electron chi connectivity index (χ2n) is 5.90. The van der Waals surface area contributed by atoms with Crippen molar-refractivity contribution in [2.45, 2.75) is 32.9 Å². The zero-order valence-corrected chi connectivity index (χ0v) is 13.6. The van der Waals surface area contributed by atoms with Gasteiger partial charge in [0, 0.05) is 7.11 Å². The van der Waals surface area contributed by atoms with Gasteiger partial charge in [0.2, 0.25) is 0 Å². The van der Waals surface area contributed by atoms with E-state index in [9.17, 15) is 0 Å². The molecule has 0 aromatic heterocycles. The van der Waals surface area contributed by atoms with Crippen molar-refractivity contribution in [1.82, 2.24) is 5.32 Å². The molecule has 0 radical (unpaired) electrons. The van der Waals surface area contributed by atoms with E-state index in [-0.39, 0.29) is 17.6 Å². The molecule has 1 aromatic carbocycles. The first-order valence-electron chi connectivity index (χ1n) is 6.81. The fourth-order valence-electron chi connectivity index (χ4n) is 2.53. The Morgan fingerprint density at radius 3 is 2.00 bits per heavy atom. The number of methoxy groups -OCH3 is 3. The van der Waals surface area contributed by atoms with Gasteiger partial charge in [-0.1, -0.05) is 26.8 Å². The SMILES string of the molecule is CNC(c1ccc(OC)c(OC)c1)C(OC)C(C)(C)C. The summed E-state index contributed by atoms with van der Waals surface area (Å²) >= 11 is 0.